The van der Waals surface area contributed by atoms with Crippen LogP contribution in [0.1, 0.15) is 33.6 Å². The molecule has 0 fully saturated rings. The maximum atomic E-state index is 5.27. The fourth-order valence-corrected chi connectivity index (χ4v) is 1.12. The molecule has 0 rings (SSSR count). The maximum Gasteiger partial charge on any atom is 0.141 e. The van der Waals surface area contributed by atoms with Crippen LogP contribution >= 0.6 is 0 Å². The van der Waals surface area contributed by atoms with E-state index in [4.69, 9.17) is 4.74 Å². The Hall–Kier alpha value is -0.210. The Balaban J connectivity index is 0. The molecule has 0 radical (unpaired) electrons. The fraction of sp³-hybridized carbons (Fsp3) is 0.714. The standard InChI is InChI=1S/C14H26NO.HI/c1-5-8-13-16-14-11-9-10-12-15(4,6-2)7-3;/h11,14H,5-8,12-13H2,1-4H3;1H/q+1;/p-1/b14-11+;. The molecule has 17 heavy (non-hydrogen) atoms. The van der Waals surface area contributed by atoms with Crippen molar-refractivity contribution in [3.63, 3.8) is 0 Å². The molecule has 0 saturated carbocycles. The number of hydrogen-bond acceptors (Lipinski definition) is 1. The summed E-state index contributed by atoms with van der Waals surface area (Å²) < 4.78 is 6.28. The molecule has 0 aromatic carbocycles. The first kappa shape index (κ1) is 19.1. The van der Waals surface area contributed by atoms with Crippen LogP contribution in [0.2, 0.25) is 0 Å². The van der Waals surface area contributed by atoms with E-state index in [-0.39, 0.29) is 24.0 Å². The van der Waals surface area contributed by atoms with Crippen LogP contribution in [0, 0.1) is 11.8 Å². The minimum atomic E-state index is 0. The normalized spacial score (nSPS) is 10.6. The number of nitrogens with zero attached hydrogens (tertiary/aromatic N) is 1. The highest BCUT2D eigenvalue weighted by Crippen LogP contribution is 1.98. The van der Waals surface area contributed by atoms with Gasteiger partial charge >= 0.3 is 0 Å². The highest BCUT2D eigenvalue weighted by atomic mass is 127. The second kappa shape index (κ2) is 12.3. The van der Waals surface area contributed by atoms with Crippen molar-refractivity contribution in [2.24, 2.45) is 0 Å². The van der Waals surface area contributed by atoms with Gasteiger partial charge in [-0.15, -0.1) is 0 Å². The van der Waals surface area contributed by atoms with Gasteiger partial charge in [0.05, 0.1) is 33.0 Å². The topological polar surface area (TPSA) is 9.23 Å². The van der Waals surface area contributed by atoms with Crippen molar-refractivity contribution in [2.45, 2.75) is 33.6 Å². The second-order valence-corrected chi connectivity index (χ2v) is 4.26. The van der Waals surface area contributed by atoms with E-state index in [1.807, 2.05) is 0 Å². The summed E-state index contributed by atoms with van der Waals surface area (Å²) in [6.07, 6.45) is 5.77. The summed E-state index contributed by atoms with van der Waals surface area (Å²) in [5.74, 6) is 6.19. The average Bonchev–Trinajstić information content (AvgIpc) is 2.32. The highest BCUT2D eigenvalue weighted by molar-refractivity contribution is 5.13. The van der Waals surface area contributed by atoms with E-state index in [1.165, 1.54) is 6.42 Å². The first-order valence-corrected chi connectivity index (χ1v) is 6.27. The van der Waals surface area contributed by atoms with Crippen LogP contribution in [0.3, 0.4) is 0 Å². The zero-order chi connectivity index (χ0) is 12.3. The van der Waals surface area contributed by atoms with Crippen LogP contribution in [0.25, 0.3) is 0 Å². The molecule has 100 valence electrons. The molecule has 2 nitrogen and oxygen atoms in total. The Morgan fingerprint density at radius 1 is 1.18 bits per heavy atom. The van der Waals surface area contributed by atoms with Crippen molar-refractivity contribution in [1.82, 2.24) is 0 Å². The smallest absolute Gasteiger partial charge is 0.141 e. The molecular weight excluding hydrogens is 325 g/mol. The largest absolute Gasteiger partial charge is 1.00 e. The number of hydrogen-bond donors (Lipinski definition) is 0. The third-order valence-electron chi connectivity index (χ3n) is 2.95. The Labute approximate surface area is 124 Å². The van der Waals surface area contributed by atoms with Crippen molar-refractivity contribution in [2.75, 3.05) is 33.3 Å². The molecule has 0 aliphatic heterocycles. The van der Waals surface area contributed by atoms with Gasteiger partial charge in [-0.1, -0.05) is 19.3 Å². The zero-order valence-corrected chi connectivity index (χ0v) is 13.8. The molecule has 0 saturated heterocycles. The summed E-state index contributed by atoms with van der Waals surface area (Å²) in [4.78, 5) is 0. The van der Waals surface area contributed by atoms with Gasteiger partial charge in [0.2, 0.25) is 0 Å². The summed E-state index contributed by atoms with van der Waals surface area (Å²) in [6, 6.07) is 0. The molecule has 0 aromatic heterocycles. The molecule has 3 heteroatoms. The van der Waals surface area contributed by atoms with Crippen molar-refractivity contribution < 1.29 is 33.2 Å². The molecule has 0 N–H and O–H groups in total. The zero-order valence-electron chi connectivity index (χ0n) is 11.6. The van der Waals surface area contributed by atoms with Crippen LogP contribution in [0.5, 0.6) is 0 Å². The summed E-state index contributed by atoms with van der Waals surface area (Å²) in [5, 5.41) is 0. The number of quaternary nitrogens is 1. The molecule has 0 bridgehead atoms. The van der Waals surface area contributed by atoms with Crippen LogP contribution in [0.4, 0.5) is 0 Å². The molecular formula is C14H26INO. The Morgan fingerprint density at radius 3 is 2.35 bits per heavy atom. The van der Waals surface area contributed by atoms with Gasteiger partial charge in [-0.2, -0.15) is 0 Å². The molecule has 0 spiro atoms. The van der Waals surface area contributed by atoms with E-state index < -0.39 is 0 Å². The number of allylic oxidation sites excluding steroid dienone is 1. The second-order valence-electron chi connectivity index (χ2n) is 4.26. The monoisotopic (exact) mass is 351 g/mol. The van der Waals surface area contributed by atoms with Gasteiger partial charge < -0.3 is 33.2 Å². The molecule has 0 aromatic rings. The highest BCUT2D eigenvalue weighted by Gasteiger charge is 2.13. The lowest BCUT2D eigenvalue weighted by Gasteiger charge is -2.29. The molecule has 0 amide bonds. The predicted molar refractivity (Wildman–Crippen MR) is 69.9 cm³/mol. The summed E-state index contributed by atoms with van der Waals surface area (Å²) in [6.45, 7) is 10.5. The van der Waals surface area contributed by atoms with E-state index in [2.05, 4.69) is 39.7 Å². The third-order valence-corrected chi connectivity index (χ3v) is 2.95. The van der Waals surface area contributed by atoms with Gasteiger partial charge in [-0.3, -0.25) is 0 Å². The lowest BCUT2D eigenvalue weighted by atomic mass is 10.4. The molecule has 0 atom stereocenters. The lowest BCUT2D eigenvalue weighted by Crippen LogP contribution is -3.00. The van der Waals surface area contributed by atoms with Crippen LogP contribution in [0.15, 0.2) is 12.3 Å². The predicted octanol–water partition coefficient (Wildman–Crippen LogP) is -0.189. The summed E-state index contributed by atoms with van der Waals surface area (Å²) in [5.41, 5.74) is 0. The van der Waals surface area contributed by atoms with Crippen molar-refractivity contribution >= 4 is 0 Å². The summed E-state index contributed by atoms with van der Waals surface area (Å²) in [7, 11) is 2.23. The number of rotatable bonds is 7. The van der Waals surface area contributed by atoms with Gasteiger partial charge in [-0.25, -0.2) is 0 Å². The van der Waals surface area contributed by atoms with E-state index in [1.54, 1.807) is 12.3 Å². The Kier molecular flexibility index (Phi) is 13.8. The van der Waals surface area contributed by atoms with Gasteiger partial charge in [-0.05, 0) is 26.2 Å². The first-order chi connectivity index (χ1) is 7.68. The fourth-order valence-electron chi connectivity index (χ4n) is 1.12. The van der Waals surface area contributed by atoms with Gasteiger partial charge in [0.1, 0.15) is 6.54 Å². The van der Waals surface area contributed by atoms with Gasteiger partial charge in [0.25, 0.3) is 0 Å². The average molecular weight is 351 g/mol. The number of unbranched alkanes of at least 4 members (excludes halogenated alkanes) is 1. The first-order valence-electron chi connectivity index (χ1n) is 6.27. The number of halogens is 1. The third kappa shape index (κ3) is 10.7. The van der Waals surface area contributed by atoms with Crippen molar-refractivity contribution in [3.05, 3.63) is 12.3 Å². The molecule has 0 heterocycles. The Morgan fingerprint density at radius 2 is 1.82 bits per heavy atom. The maximum absolute atomic E-state index is 5.27. The van der Waals surface area contributed by atoms with Crippen LogP contribution < -0.4 is 24.0 Å². The SMILES string of the molecule is CCCCO/C=C/C#CC[N+](C)(CC)CC.[I-]. The van der Waals surface area contributed by atoms with E-state index >= 15 is 0 Å². The lowest BCUT2D eigenvalue weighted by molar-refractivity contribution is -0.899. The molecule has 0 aliphatic carbocycles. The van der Waals surface area contributed by atoms with Crippen LogP contribution in [-0.2, 0) is 4.74 Å². The van der Waals surface area contributed by atoms with Gasteiger partial charge in [0.15, 0.2) is 0 Å². The minimum absolute atomic E-state index is 0. The summed E-state index contributed by atoms with van der Waals surface area (Å²) >= 11 is 0. The van der Waals surface area contributed by atoms with Crippen molar-refractivity contribution in [1.29, 1.82) is 0 Å². The van der Waals surface area contributed by atoms with E-state index in [0.717, 1.165) is 37.1 Å². The van der Waals surface area contributed by atoms with E-state index in [0.29, 0.717) is 0 Å². The quantitative estimate of drug-likeness (QED) is 0.203. The van der Waals surface area contributed by atoms with Gasteiger partial charge in [0, 0.05) is 6.08 Å². The molecule has 0 unspecified atom stereocenters. The van der Waals surface area contributed by atoms with E-state index in [9.17, 15) is 0 Å². The number of ether oxygens (including phenoxy) is 1. The van der Waals surface area contributed by atoms with Crippen molar-refractivity contribution in [3.8, 4) is 11.8 Å². The Bertz CT molecular complexity index is 249. The van der Waals surface area contributed by atoms with Crippen LogP contribution in [-0.4, -0.2) is 37.8 Å². The minimum Gasteiger partial charge on any atom is -1.00 e. The molecule has 0 aliphatic rings.